The summed E-state index contributed by atoms with van der Waals surface area (Å²) in [6.07, 6.45) is 16.6. The second kappa shape index (κ2) is 7.20. The molecule has 1 atom stereocenters. The molecule has 1 saturated carbocycles. The van der Waals surface area contributed by atoms with Crippen molar-refractivity contribution in [2.45, 2.75) is 77.2 Å². The van der Waals surface area contributed by atoms with Crippen molar-refractivity contribution < 1.29 is 0 Å². The molecule has 0 aromatic heterocycles. The molecule has 0 spiro atoms. The van der Waals surface area contributed by atoms with Crippen LogP contribution in [0.2, 0.25) is 0 Å². The third-order valence-electron chi connectivity index (χ3n) is 4.46. The highest BCUT2D eigenvalue weighted by Crippen LogP contribution is 2.32. The molecule has 0 aliphatic heterocycles. The molecule has 98 valence electrons. The Morgan fingerprint density at radius 3 is 2.53 bits per heavy atom. The van der Waals surface area contributed by atoms with Crippen LogP contribution in [-0.2, 0) is 0 Å². The van der Waals surface area contributed by atoms with E-state index in [2.05, 4.69) is 18.3 Å². The molecule has 1 unspecified atom stereocenters. The second-order valence-corrected chi connectivity index (χ2v) is 5.85. The molecule has 1 fully saturated rings. The Balaban J connectivity index is 1.96. The molecule has 0 heterocycles. The molecule has 0 aromatic rings. The predicted octanol–water partition coefficient (Wildman–Crippen LogP) is 4.44. The zero-order valence-electron chi connectivity index (χ0n) is 11.5. The Labute approximate surface area is 107 Å². The SMILES string of the molecule is CCCNC(C1=CCCC1)C1CCCCCC1. The number of allylic oxidation sites excluding steroid dienone is 1. The molecular formula is C16H29N. The summed E-state index contributed by atoms with van der Waals surface area (Å²) in [6.45, 7) is 3.47. The molecule has 0 aromatic carbocycles. The van der Waals surface area contributed by atoms with E-state index in [9.17, 15) is 0 Å². The van der Waals surface area contributed by atoms with Gasteiger partial charge in [-0.15, -0.1) is 0 Å². The maximum absolute atomic E-state index is 3.84. The van der Waals surface area contributed by atoms with Crippen molar-refractivity contribution in [2.24, 2.45) is 5.92 Å². The Morgan fingerprint density at radius 1 is 1.18 bits per heavy atom. The molecule has 0 amide bonds. The van der Waals surface area contributed by atoms with Crippen LogP contribution in [0.25, 0.3) is 0 Å². The fourth-order valence-electron chi connectivity index (χ4n) is 3.52. The average molecular weight is 235 g/mol. The normalized spacial score (nSPS) is 24.4. The van der Waals surface area contributed by atoms with Crippen LogP contribution in [0.15, 0.2) is 11.6 Å². The van der Waals surface area contributed by atoms with Gasteiger partial charge in [-0.25, -0.2) is 0 Å². The van der Waals surface area contributed by atoms with Gasteiger partial charge in [0.2, 0.25) is 0 Å². The van der Waals surface area contributed by atoms with Gasteiger partial charge in [0.15, 0.2) is 0 Å². The van der Waals surface area contributed by atoms with Crippen molar-refractivity contribution in [1.29, 1.82) is 0 Å². The Kier molecular flexibility index (Phi) is 5.57. The maximum atomic E-state index is 3.84. The highest BCUT2D eigenvalue weighted by atomic mass is 14.9. The van der Waals surface area contributed by atoms with Crippen LogP contribution in [0.3, 0.4) is 0 Å². The van der Waals surface area contributed by atoms with E-state index in [1.165, 1.54) is 70.8 Å². The number of nitrogens with one attached hydrogen (secondary N) is 1. The minimum atomic E-state index is 0.718. The molecule has 2 aliphatic carbocycles. The highest BCUT2D eigenvalue weighted by molar-refractivity contribution is 5.16. The summed E-state index contributed by atoms with van der Waals surface area (Å²) in [7, 11) is 0. The lowest BCUT2D eigenvalue weighted by atomic mass is 9.86. The number of rotatable bonds is 5. The quantitative estimate of drug-likeness (QED) is 0.549. The monoisotopic (exact) mass is 235 g/mol. The van der Waals surface area contributed by atoms with Gasteiger partial charge in [0, 0.05) is 6.04 Å². The van der Waals surface area contributed by atoms with E-state index >= 15 is 0 Å². The van der Waals surface area contributed by atoms with E-state index in [1.54, 1.807) is 5.57 Å². The second-order valence-electron chi connectivity index (χ2n) is 5.85. The van der Waals surface area contributed by atoms with Gasteiger partial charge in [0.25, 0.3) is 0 Å². The summed E-state index contributed by atoms with van der Waals surface area (Å²) in [5.74, 6) is 0.924. The van der Waals surface area contributed by atoms with Crippen LogP contribution >= 0.6 is 0 Å². The van der Waals surface area contributed by atoms with Gasteiger partial charge < -0.3 is 5.32 Å². The van der Waals surface area contributed by atoms with Gasteiger partial charge in [0.1, 0.15) is 0 Å². The van der Waals surface area contributed by atoms with Crippen LogP contribution in [0, 0.1) is 5.92 Å². The molecule has 17 heavy (non-hydrogen) atoms. The molecule has 0 bridgehead atoms. The van der Waals surface area contributed by atoms with E-state index in [4.69, 9.17) is 0 Å². The largest absolute Gasteiger partial charge is 0.310 e. The summed E-state index contributed by atoms with van der Waals surface area (Å²) >= 11 is 0. The lowest BCUT2D eigenvalue weighted by Gasteiger charge is -2.29. The van der Waals surface area contributed by atoms with Gasteiger partial charge in [-0.05, 0) is 51.0 Å². The van der Waals surface area contributed by atoms with E-state index < -0.39 is 0 Å². The lowest BCUT2D eigenvalue weighted by molar-refractivity contribution is 0.349. The molecule has 2 rings (SSSR count). The first-order chi connectivity index (χ1) is 8.42. The van der Waals surface area contributed by atoms with Crippen molar-refractivity contribution >= 4 is 0 Å². The topological polar surface area (TPSA) is 12.0 Å². The van der Waals surface area contributed by atoms with Gasteiger partial charge in [-0.2, -0.15) is 0 Å². The number of hydrogen-bond acceptors (Lipinski definition) is 1. The summed E-state index contributed by atoms with van der Waals surface area (Å²) in [4.78, 5) is 0. The van der Waals surface area contributed by atoms with E-state index in [0.717, 1.165) is 12.0 Å². The van der Waals surface area contributed by atoms with E-state index in [0.29, 0.717) is 0 Å². The highest BCUT2D eigenvalue weighted by Gasteiger charge is 2.26. The van der Waals surface area contributed by atoms with Crippen molar-refractivity contribution in [3.05, 3.63) is 11.6 Å². The van der Waals surface area contributed by atoms with Crippen molar-refractivity contribution in [3.63, 3.8) is 0 Å². The van der Waals surface area contributed by atoms with Crippen molar-refractivity contribution in [3.8, 4) is 0 Å². The predicted molar refractivity (Wildman–Crippen MR) is 75.2 cm³/mol. The summed E-state index contributed by atoms with van der Waals surface area (Å²) in [5.41, 5.74) is 1.74. The van der Waals surface area contributed by atoms with Crippen LogP contribution in [0.4, 0.5) is 0 Å². The zero-order valence-corrected chi connectivity index (χ0v) is 11.5. The van der Waals surface area contributed by atoms with E-state index in [-0.39, 0.29) is 0 Å². The first-order valence-electron chi connectivity index (χ1n) is 7.84. The van der Waals surface area contributed by atoms with Crippen LogP contribution < -0.4 is 5.32 Å². The first kappa shape index (κ1) is 13.1. The minimum Gasteiger partial charge on any atom is -0.310 e. The van der Waals surface area contributed by atoms with Crippen LogP contribution in [0.5, 0.6) is 0 Å². The Morgan fingerprint density at radius 2 is 1.94 bits per heavy atom. The van der Waals surface area contributed by atoms with Gasteiger partial charge in [-0.3, -0.25) is 0 Å². The molecule has 0 saturated heterocycles. The number of hydrogen-bond donors (Lipinski definition) is 1. The Hall–Kier alpha value is -0.300. The molecule has 1 N–H and O–H groups in total. The van der Waals surface area contributed by atoms with Gasteiger partial charge in [-0.1, -0.05) is 44.3 Å². The molecule has 1 heteroatoms. The summed E-state index contributed by atoms with van der Waals surface area (Å²) < 4.78 is 0. The fraction of sp³-hybridized carbons (Fsp3) is 0.875. The summed E-state index contributed by atoms with van der Waals surface area (Å²) in [5, 5.41) is 3.84. The Bertz CT molecular complexity index is 236. The smallest absolute Gasteiger partial charge is 0.0307 e. The minimum absolute atomic E-state index is 0.718. The standard InChI is InChI=1S/C16H29N/c1-2-13-17-16(15-11-7-8-12-15)14-9-5-3-4-6-10-14/h11,14,16-17H,2-10,12-13H2,1H3. The van der Waals surface area contributed by atoms with Crippen molar-refractivity contribution in [1.82, 2.24) is 5.32 Å². The fourth-order valence-corrected chi connectivity index (χ4v) is 3.52. The molecule has 2 aliphatic rings. The van der Waals surface area contributed by atoms with E-state index in [1.807, 2.05) is 0 Å². The molecule has 1 nitrogen and oxygen atoms in total. The van der Waals surface area contributed by atoms with Crippen LogP contribution in [0.1, 0.15) is 71.1 Å². The van der Waals surface area contributed by atoms with Gasteiger partial charge in [0.05, 0.1) is 0 Å². The lowest BCUT2D eigenvalue weighted by Crippen LogP contribution is -2.38. The molecular weight excluding hydrogens is 206 g/mol. The third kappa shape index (κ3) is 3.84. The zero-order chi connectivity index (χ0) is 11.9. The van der Waals surface area contributed by atoms with Crippen LogP contribution in [-0.4, -0.2) is 12.6 Å². The first-order valence-corrected chi connectivity index (χ1v) is 7.84. The summed E-state index contributed by atoms with van der Waals surface area (Å²) in [6, 6.07) is 0.718. The average Bonchev–Trinajstić information content (AvgIpc) is 2.73. The molecule has 0 radical (unpaired) electrons. The maximum Gasteiger partial charge on any atom is 0.0307 e. The third-order valence-corrected chi connectivity index (χ3v) is 4.46. The van der Waals surface area contributed by atoms with Gasteiger partial charge >= 0.3 is 0 Å². The van der Waals surface area contributed by atoms with Crippen molar-refractivity contribution in [2.75, 3.05) is 6.54 Å².